The number of benzene rings is 1. The van der Waals surface area contributed by atoms with Gasteiger partial charge in [-0.25, -0.2) is 13.6 Å². The smallest absolute Gasteiger partial charge is 0.333 e. The molecule has 0 radical (unpaired) electrons. The molecule has 0 saturated carbocycles. The Hall–Kier alpha value is -2.96. The summed E-state index contributed by atoms with van der Waals surface area (Å²) in [6, 6.07) is 4.39. The van der Waals surface area contributed by atoms with Gasteiger partial charge < -0.3 is 14.5 Å². The van der Waals surface area contributed by atoms with Gasteiger partial charge in [-0.1, -0.05) is 0 Å². The zero-order chi connectivity index (χ0) is 16.8. The molecule has 1 aromatic carbocycles. The van der Waals surface area contributed by atoms with E-state index in [1.165, 1.54) is 12.3 Å². The molecular weight excluding hydrogens is 308 g/mol. The molecule has 0 saturated heterocycles. The van der Waals surface area contributed by atoms with Crippen molar-refractivity contribution in [3.05, 3.63) is 65.6 Å². The number of carbonyl (C=O) groups excluding carboxylic acids is 2. The number of ether oxygens (including phenoxy) is 1. The van der Waals surface area contributed by atoms with Crippen LogP contribution >= 0.6 is 0 Å². The molecule has 1 amide bonds. The van der Waals surface area contributed by atoms with Crippen molar-refractivity contribution < 1.29 is 27.5 Å². The minimum atomic E-state index is -1.47. The number of carbonyl (C=O) groups is 2. The van der Waals surface area contributed by atoms with Gasteiger partial charge in [0.2, 0.25) is 5.91 Å². The molecule has 7 heteroatoms. The maximum absolute atomic E-state index is 13.8. The zero-order valence-electron chi connectivity index (χ0n) is 12.1. The van der Waals surface area contributed by atoms with Crippen molar-refractivity contribution in [3.8, 4) is 0 Å². The molecule has 23 heavy (non-hydrogen) atoms. The van der Waals surface area contributed by atoms with Gasteiger partial charge in [0, 0.05) is 11.6 Å². The van der Waals surface area contributed by atoms with E-state index in [0.29, 0.717) is 5.76 Å². The predicted octanol–water partition coefficient (Wildman–Crippen LogP) is 2.60. The highest BCUT2D eigenvalue weighted by atomic mass is 19.1. The Bertz CT molecular complexity index is 726. The highest BCUT2D eigenvalue weighted by Gasteiger charge is 2.26. The summed E-state index contributed by atoms with van der Waals surface area (Å²) < 4.78 is 36.6. The maximum atomic E-state index is 13.8. The van der Waals surface area contributed by atoms with Crippen molar-refractivity contribution in [2.24, 2.45) is 0 Å². The molecule has 2 aromatic rings. The first kappa shape index (κ1) is 16.4. The van der Waals surface area contributed by atoms with Gasteiger partial charge in [-0.15, -0.1) is 0 Å². The van der Waals surface area contributed by atoms with Crippen LogP contribution in [0.5, 0.6) is 0 Å². The molecule has 1 heterocycles. The number of methoxy groups -OCH3 is 1. The summed E-state index contributed by atoms with van der Waals surface area (Å²) in [5, 5.41) is 2.27. The number of hydrogen-bond donors (Lipinski definition) is 1. The number of amides is 1. The average molecular weight is 321 g/mol. The van der Waals surface area contributed by atoms with Crippen LogP contribution in [0.1, 0.15) is 17.4 Å². The van der Waals surface area contributed by atoms with E-state index in [4.69, 9.17) is 4.42 Å². The second kappa shape index (κ2) is 7.35. The van der Waals surface area contributed by atoms with Gasteiger partial charge in [-0.05, 0) is 36.4 Å². The molecule has 0 fully saturated rings. The highest BCUT2D eigenvalue weighted by molar-refractivity contribution is 5.94. The van der Waals surface area contributed by atoms with E-state index in [9.17, 15) is 18.4 Å². The molecule has 0 unspecified atom stereocenters. The summed E-state index contributed by atoms with van der Waals surface area (Å²) in [6.07, 6.45) is 3.90. The van der Waals surface area contributed by atoms with Crippen molar-refractivity contribution >= 4 is 18.0 Å². The molecule has 0 aliphatic carbocycles. The quantitative estimate of drug-likeness (QED) is 0.679. The Balaban J connectivity index is 2.20. The van der Waals surface area contributed by atoms with Crippen LogP contribution in [0.25, 0.3) is 6.08 Å². The van der Waals surface area contributed by atoms with E-state index in [1.54, 1.807) is 12.1 Å². The summed E-state index contributed by atoms with van der Waals surface area (Å²) in [5.74, 6) is -2.77. The molecule has 5 nitrogen and oxygen atoms in total. The lowest BCUT2D eigenvalue weighted by atomic mass is 10.1. The van der Waals surface area contributed by atoms with Gasteiger partial charge in [-0.3, -0.25) is 4.79 Å². The minimum Gasteiger partial charge on any atom is -0.467 e. The van der Waals surface area contributed by atoms with Gasteiger partial charge in [0.1, 0.15) is 17.4 Å². The van der Waals surface area contributed by atoms with Crippen LogP contribution in [0.2, 0.25) is 0 Å². The molecule has 0 aliphatic heterocycles. The Kier molecular flexibility index (Phi) is 5.24. The van der Waals surface area contributed by atoms with Crippen molar-refractivity contribution in [2.45, 2.75) is 6.04 Å². The third kappa shape index (κ3) is 4.26. The Morgan fingerprint density at radius 3 is 2.74 bits per heavy atom. The van der Waals surface area contributed by atoms with E-state index in [1.807, 2.05) is 0 Å². The van der Waals surface area contributed by atoms with Crippen LogP contribution < -0.4 is 5.32 Å². The Morgan fingerprint density at radius 2 is 2.09 bits per heavy atom. The molecule has 0 bridgehead atoms. The third-order valence-corrected chi connectivity index (χ3v) is 2.93. The predicted molar refractivity (Wildman–Crippen MR) is 77.0 cm³/mol. The first-order chi connectivity index (χ1) is 11.0. The highest BCUT2D eigenvalue weighted by Crippen LogP contribution is 2.20. The van der Waals surface area contributed by atoms with Gasteiger partial charge in [-0.2, -0.15) is 0 Å². The summed E-state index contributed by atoms with van der Waals surface area (Å²) in [7, 11) is 1.08. The van der Waals surface area contributed by atoms with Crippen LogP contribution in [0.4, 0.5) is 8.78 Å². The first-order valence-electron chi connectivity index (χ1n) is 6.56. The van der Waals surface area contributed by atoms with Crippen molar-refractivity contribution in [1.82, 2.24) is 5.32 Å². The molecule has 0 aliphatic rings. The molecule has 0 spiro atoms. The largest absolute Gasteiger partial charge is 0.467 e. The summed E-state index contributed by atoms with van der Waals surface area (Å²) in [4.78, 5) is 23.7. The molecule has 2 rings (SSSR count). The number of furan rings is 1. The molecule has 1 atom stereocenters. The summed E-state index contributed by atoms with van der Waals surface area (Å²) in [6.45, 7) is 0. The standard InChI is InChI=1S/C16H13F2NO4/c1-22-16(21)15(12-9-10(17)4-6-13(12)18)19-14(20)7-5-11-3-2-8-23-11/h2-9,15H,1H3,(H,19,20)/b7-5+/t15-/m1/s1. The number of rotatable bonds is 5. The fourth-order valence-corrected chi connectivity index (χ4v) is 1.85. The number of hydrogen-bond acceptors (Lipinski definition) is 4. The molecule has 120 valence electrons. The Morgan fingerprint density at radius 1 is 1.30 bits per heavy atom. The van der Waals surface area contributed by atoms with Gasteiger partial charge in [0.15, 0.2) is 6.04 Å². The zero-order valence-corrected chi connectivity index (χ0v) is 12.1. The number of esters is 1. The van der Waals surface area contributed by atoms with Crippen LogP contribution in [0.15, 0.2) is 47.1 Å². The number of halogens is 2. The van der Waals surface area contributed by atoms with E-state index in [2.05, 4.69) is 10.1 Å². The SMILES string of the molecule is COC(=O)[C@H](NC(=O)/C=C/c1ccco1)c1cc(F)ccc1F. The topological polar surface area (TPSA) is 68.5 Å². The second-order valence-electron chi connectivity index (χ2n) is 4.48. The lowest BCUT2D eigenvalue weighted by Gasteiger charge is -2.16. The average Bonchev–Trinajstić information content (AvgIpc) is 3.06. The fourth-order valence-electron chi connectivity index (χ4n) is 1.85. The van der Waals surface area contributed by atoms with Crippen LogP contribution in [-0.2, 0) is 14.3 Å². The van der Waals surface area contributed by atoms with Crippen molar-refractivity contribution in [1.29, 1.82) is 0 Å². The minimum absolute atomic E-state index is 0.323. The number of nitrogens with one attached hydrogen (secondary N) is 1. The van der Waals surface area contributed by atoms with E-state index in [0.717, 1.165) is 31.4 Å². The Labute approximate surface area is 130 Å². The van der Waals surface area contributed by atoms with Crippen LogP contribution in [0, 0.1) is 11.6 Å². The summed E-state index contributed by atoms with van der Waals surface area (Å²) in [5.41, 5.74) is -0.323. The normalized spacial score (nSPS) is 12.1. The van der Waals surface area contributed by atoms with Crippen molar-refractivity contribution in [3.63, 3.8) is 0 Å². The molecular formula is C16H13F2NO4. The molecule has 1 aromatic heterocycles. The monoisotopic (exact) mass is 321 g/mol. The lowest BCUT2D eigenvalue weighted by molar-refractivity contribution is -0.144. The van der Waals surface area contributed by atoms with Gasteiger partial charge in [0.05, 0.1) is 13.4 Å². The van der Waals surface area contributed by atoms with E-state index in [-0.39, 0.29) is 5.56 Å². The first-order valence-corrected chi connectivity index (χ1v) is 6.56. The fraction of sp³-hybridized carbons (Fsp3) is 0.125. The third-order valence-electron chi connectivity index (χ3n) is 2.93. The van der Waals surface area contributed by atoms with E-state index < -0.39 is 29.6 Å². The van der Waals surface area contributed by atoms with Gasteiger partial charge >= 0.3 is 5.97 Å². The second-order valence-corrected chi connectivity index (χ2v) is 4.48. The van der Waals surface area contributed by atoms with Crippen molar-refractivity contribution in [2.75, 3.05) is 7.11 Å². The molecule has 1 N–H and O–H groups in total. The van der Waals surface area contributed by atoms with Crippen LogP contribution in [0.3, 0.4) is 0 Å². The maximum Gasteiger partial charge on any atom is 0.333 e. The van der Waals surface area contributed by atoms with E-state index >= 15 is 0 Å². The lowest BCUT2D eigenvalue weighted by Crippen LogP contribution is -2.34. The van der Waals surface area contributed by atoms with Gasteiger partial charge in [0.25, 0.3) is 0 Å². The van der Waals surface area contributed by atoms with Crippen LogP contribution in [-0.4, -0.2) is 19.0 Å². The summed E-state index contributed by atoms with van der Waals surface area (Å²) >= 11 is 0.